The van der Waals surface area contributed by atoms with Crippen LogP contribution in [0.4, 0.5) is 0 Å². The second kappa shape index (κ2) is 9.86. The van der Waals surface area contributed by atoms with Gasteiger partial charge in [0.1, 0.15) is 0 Å². The van der Waals surface area contributed by atoms with Gasteiger partial charge in [-0.3, -0.25) is 10.2 Å². The quantitative estimate of drug-likeness (QED) is 0.293. The normalized spacial score (nSPS) is 9.75. The summed E-state index contributed by atoms with van der Waals surface area (Å²) in [6.07, 6.45) is 0. The first-order valence-electron chi connectivity index (χ1n) is 9.05. The van der Waals surface area contributed by atoms with E-state index in [0.29, 0.717) is 5.56 Å². The van der Waals surface area contributed by atoms with Crippen LogP contribution in [0.1, 0.15) is 10.4 Å². The zero-order valence-corrected chi connectivity index (χ0v) is 15.5. The highest BCUT2D eigenvalue weighted by molar-refractivity contribution is 6.00. The fourth-order valence-corrected chi connectivity index (χ4v) is 2.89. The van der Waals surface area contributed by atoms with Crippen molar-refractivity contribution in [3.63, 3.8) is 0 Å². The van der Waals surface area contributed by atoms with E-state index in [1.54, 1.807) is 6.07 Å². The summed E-state index contributed by atoms with van der Waals surface area (Å²) < 4.78 is 0. The standard InChI is InChI=1S/C13H12N2O.C12H10/c14-15-13(16)12-9-5-4-8-11(12)10-6-2-1-3-7-10;1-3-7-11(8-4-1)12-9-5-2-6-10-12/h1-9H,14H2,(H,15,16);1-10H. The summed E-state index contributed by atoms with van der Waals surface area (Å²) in [7, 11) is 0. The molecule has 4 aromatic carbocycles. The van der Waals surface area contributed by atoms with E-state index in [0.717, 1.165) is 11.1 Å². The number of nitrogens with two attached hydrogens (primary N) is 1. The van der Waals surface area contributed by atoms with Crippen LogP contribution in [0.25, 0.3) is 22.3 Å². The van der Waals surface area contributed by atoms with Gasteiger partial charge in [-0.15, -0.1) is 0 Å². The molecule has 138 valence electrons. The Morgan fingerprint density at radius 3 is 1.39 bits per heavy atom. The zero-order chi connectivity index (χ0) is 19.6. The molecular weight excluding hydrogens is 344 g/mol. The molecule has 3 heteroatoms. The third-order valence-corrected chi connectivity index (χ3v) is 4.27. The molecule has 0 spiro atoms. The van der Waals surface area contributed by atoms with Crippen LogP contribution in [-0.4, -0.2) is 5.91 Å². The predicted octanol–water partition coefficient (Wildman–Crippen LogP) is 5.31. The first kappa shape index (κ1) is 19.1. The summed E-state index contributed by atoms with van der Waals surface area (Å²) in [5, 5.41) is 0. The van der Waals surface area contributed by atoms with Crippen LogP contribution in [0.5, 0.6) is 0 Å². The van der Waals surface area contributed by atoms with Gasteiger partial charge in [0.15, 0.2) is 0 Å². The minimum Gasteiger partial charge on any atom is -0.290 e. The summed E-state index contributed by atoms with van der Waals surface area (Å²) >= 11 is 0. The minimum atomic E-state index is -0.278. The van der Waals surface area contributed by atoms with Gasteiger partial charge in [-0.2, -0.15) is 0 Å². The van der Waals surface area contributed by atoms with Gasteiger partial charge in [0, 0.05) is 5.56 Å². The maximum absolute atomic E-state index is 11.6. The van der Waals surface area contributed by atoms with E-state index in [4.69, 9.17) is 5.84 Å². The molecule has 28 heavy (non-hydrogen) atoms. The van der Waals surface area contributed by atoms with E-state index in [-0.39, 0.29) is 5.91 Å². The Bertz CT molecular complexity index is 963. The first-order chi connectivity index (χ1) is 13.8. The average molecular weight is 366 g/mol. The van der Waals surface area contributed by atoms with Crippen LogP contribution in [0.3, 0.4) is 0 Å². The smallest absolute Gasteiger partial charge is 0.265 e. The lowest BCUT2D eigenvalue weighted by molar-refractivity contribution is 0.0954. The molecule has 0 unspecified atom stereocenters. The number of hydrogen-bond donors (Lipinski definition) is 2. The van der Waals surface area contributed by atoms with E-state index in [2.05, 4.69) is 54.0 Å². The fourth-order valence-electron chi connectivity index (χ4n) is 2.89. The highest BCUT2D eigenvalue weighted by Gasteiger charge is 2.10. The Kier molecular flexibility index (Phi) is 6.72. The number of rotatable bonds is 3. The molecule has 0 radical (unpaired) electrons. The van der Waals surface area contributed by atoms with Crippen molar-refractivity contribution < 1.29 is 4.79 Å². The molecule has 0 aromatic heterocycles. The Labute approximate surface area is 165 Å². The van der Waals surface area contributed by atoms with E-state index in [1.165, 1.54) is 11.1 Å². The molecule has 0 fully saturated rings. The van der Waals surface area contributed by atoms with Crippen LogP contribution in [0, 0.1) is 0 Å². The Hall–Kier alpha value is -3.69. The Balaban J connectivity index is 0.000000167. The highest BCUT2D eigenvalue weighted by atomic mass is 16.2. The third-order valence-electron chi connectivity index (χ3n) is 4.27. The SMILES string of the molecule is NNC(=O)c1ccccc1-c1ccccc1.c1ccc(-c2ccccc2)cc1. The van der Waals surface area contributed by atoms with Crippen LogP contribution in [0.2, 0.25) is 0 Å². The Morgan fingerprint density at radius 1 is 0.536 bits per heavy atom. The van der Waals surface area contributed by atoms with Crippen molar-refractivity contribution in [3.8, 4) is 22.3 Å². The van der Waals surface area contributed by atoms with E-state index < -0.39 is 0 Å². The zero-order valence-electron chi connectivity index (χ0n) is 15.5. The summed E-state index contributed by atoms with van der Waals surface area (Å²) in [6, 6.07) is 37.9. The predicted molar refractivity (Wildman–Crippen MR) is 115 cm³/mol. The second-order valence-electron chi connectivity index (χ2n) is 6.12. The Morgan fingerprint density at radius 2 is 0.929 bits per heavy atom. The van der Waals surface area contributed by atoms with Gasteiger partial charge in [-0.1, -0.05) is 109 Å². The van der Waals surface area contributed by atoms with Gasteiger partial charge in [-0.25, -0.2) is 5.84 Å². The lowest BCUT2D eigenvalue weighted by Gasteiger charge is -2.07. The molecule has 3 nitrogen and oxygen atoms in total. The third kappa shape index (κ3) is 4.93. The van der Waals surface area contributed by atoms with E-state index in [1.807, 2.05) is 60.7 Å². The summed E-state index contributed by atoms with van der Waals surface area (Å²) in [5.74, 6) is 4.87. The minimum absolute atomic E-state index is 0.278. The molecular formula is C25H22N2O. The molecule has 0 aliphatic carbocycles. The number of amides is 1. The number of carbonyl (C=O) groups excluding carboxylic acids is 1. The molecule has 1 amide bonds. The maximum atomic E-state index is 11.6. The molecule has 3 N–H and O–H groups in total. The van der Waals surface area contributed by atoms with Crippen molar-refractivity contribution >= 4 is 5.91 Å². The molecule has 0 aliphatic rings. The number of hydrogen-bond acceptors (Lipinski definition) is 2. The van der Waals surface area contributed by atoms with Gasteiger partial charge in [0.25, 0.3) is 5.91 Å². The van der Waals surface area contributed by atoms with Crippen molar-refractivity contribution in [3.05, 3.63) is 121 Å². The molecule has 0 saturated carbocycles. The molecule has 4 aromatic rings. The van der Waals surface area contributed by atoms with Crippen LogP contribution in [0.15, 0.2) is 115 Å². The summed E-state index contributed by atoms with van der Waals surface area (Å²) in [6.45, 7) is 0. The number of benzene rings is 4. The van der Waals surface area contributed by atoms with Crippen molar-refractivity contribution in [2.24, 2.45) is 5.84 Å². The summed E-state index contributed by atoms with van der Waals surface area (Å²) in [4.78, 5) is 11.6. The number of hydrazine groups is 1. The molecule has 0 bridgehead atoms. The van der Waals surface area contributed by atoms with Gasteiger partial charge < -0.3 is 0 Å². The lowest BCUT2D eigenvalue weighted by atomic mass is 9.99. The second-order valence-corrected chi connectivity index (χ2v) is 6.12. The molecule has 0 heterocycles. The van der Waals surface area contributed by atoms with Gasteiger partial charge in [0.05, 0.1) is 0 Å². The molecule has 4 rings (SSSR count). The topological polar surface area (TPSA) is 55.1 Å². The largest absolute Gasteiger partial charge is 0.290 e. The van der Waals surface area contributed by atoms with Crippen molar-refractivity contribution in [1.29, 1.82) is 0 Å². The van der Waals surface area contributed by atoms with E-state index in [9.17, 15) is 4.79 Å². The molecule has 0 aliphatic heterocycles. The number of nitrogen functional groups attached to an aromatic ring is 1. The van der Waals surface area contributed by atoms with Crippen LogP contribution in [-0.2, 0) is 0 Å². The lowest BCUT2D eigenvalue weighted by Crippen LogP contribution is -2.30. The van der Waals surface area contributed by atoms with Crippen LogP contribution < -0.4 is 11.3 Å². The maximum Gasteiger partial charge on any atom is 0.265 e. The van der Waals surface area contributed by atoms with E-state index >= 15 is 0 Å². The van der Waals surface area contributed by atoms with Crippen molar-refractivity contribution in [1.82, 2.24) is 5.43 Å². The monoisotopic (exact) mass is 366 g/mol. The number of carbonyl (C=O) groups is 1. The van der Waals surface area contributed by atoms with Gasteiger partial charge in [0.2, 0.25) is 0 Å². The first-order valence-corrected chi connectivity index (χ1v) is 9.05. The fraction of sp³-hybridized carbons (Fsp3) is 0. The summed E-state index contributed by atoms with van der Waals surface area (Å²) in [5.41, 5.74) is 7.17. The average Bonchev–Trinajstić information content (AvgIpc) is 2.81. The van der Waals surface area contributed by atoms with Crippen molar-refractivity contribution in [2.45, 2.75) is 0 Å². The van der Waals surface area contributed by atoms with Gasteiger partial charge >= 0.3 is 0 Å². The molecule has 0 saturated heterocycles. The van der Waals surface area contributed by atoms with Crippen LogP contribution >= 0.6 is 0 Å². The highest BCUT2D eigenvalue weighted by Crippen LogP contribution is 2.23. The molecule has 0 atom stereocenters. The number of nitrogens with one attached hydrogen (secondary N) is 1. The van der Waals surface area contributed by atoms with Gasteiger partial charge in [-0.05, 0) is 28.3 Å². The van der Waals surface area contributed by atoms with Crippen molar-refractivity contribution in [2.75, 3.05) is 0 Å².